The first-order valence-electron chi connectivity index (χ1n) is 8.97. The van der Waals surface area contributed by atoms with Crippen molar-refractivity contribution in [3.8, 4) is 11.8 Å². The molecule has 0 spiro atoms. The summed E-state index contributed by atoms with van der Waals surface area (Å²) in [5, 5.41) is 9.44. The predicted octanol–water partition coefficient (Wildman–Crippen LogP) is 4.88. The number of benzene rings is 1. The van der Waals surface area contributed by atoms with Crippen LogP contribution in [0, 0.1) is 16.7 Å². The van der Waals surface area contributed by atoms with E-state index < -0.39 is 0 Å². The van der Waals surface area contributed by atoms with Crippen molar-refractivity contribution in [2.45, 2.75) is 64.9 Å². The Morgan fingerprint density at radius 3 is 2.42 bits per heavy atom. The maximum Gasteiger partial charge on any atom is 0.338 e. The lowest BCUT2D eigenvalue weighted by molar-refractivity contribution is 0.0106. The molecule has 0 unspecified atom stereocenters. The van der Waals surface area contributed by atoms with Crippen LogP contribution in [-0.2, 0) is 4.74 Å². The Bertz CT molecular complexity index is 566. The highest BCUT2D eigenvalue weighted by Gasteiger charge is 2.36. The number of carbonyl (C=O) groups excluding carboxylic acids is 1. The van der Waals surface area contributed by atoms with Crippen molar-refractivity contribution in [3.05, 3.63) is 29.8 Å². The zero-order chi connectivity index (χ0) is 17.4. The van der Waals surface area contributed by atoms with Gasteiger partial charge in [0.15, 0.2) is 0 Å². The number of hydrogen-bond donors (Lipinski definition) is 0. The molecule has 0 aromatic heterocycles. The summed E-state index contributed by atoms with van der Waals surface area (Å²) in [5.41, 5.74) is 0.333. The molecule has 4 nitrogen and oxygen atoms in total. The summed E-state index contributed by atoms with van der Waals surface area (Å²) in [4.78, 5) is 12.3. The molecule has 0 radical (unpaired) electrons. The van der Waals surface area contributed by atoms with Crippen molar-refractivity contribution in [2.75, 3.05) is 6.61 Å². The molecule has 1 aromatic carbocycles. The molecule has 1 saturated carbocycles. The lowest BCUT2D eigenvalue weighted by Crippen LogP contribution is -2.31. The Kier molecular flexibility index (Phi) is 6.66. The standard InChI is InChI=1S/C20H27NO3/c1-3-11-20(15-21)12-9-18(10-13-20)24-19(22)16-5-7-17(8-6-16)23-14-4-2/h5-8,18H,3-4,9-14H2,1-2H3/t18-,20-. The highest BCUT2D eigenvalue weighted by molar-refractivity contribution is 5.89. The van der Waals surface area contributed by atoms with E-state index in [1.165, 1.54) is 0 Å². The van der Waals surface area contributed by atoms with Crippen molar-refractivity contribution >= 4 is 5.97 Å². The molecule has 1 aliphatic carbocycles. The third kappa shape index (κ3) is 4.74. The van der Waals surface area contributed by atoms with Gasteiger partial charge in [-0.05, 0) is 62.8 Å². The molecule has 1 aliphatic rings. The van der Waals surface area contributed by atoms with E-state index in [1.807, 2.05) is 0 Å². The summed E-state index contributed by atoms with van der Waals surface area (Å²) >= 11 is 0. The quantitative estimate of drug-likeness (QED) is 0.669. The van der Waals surface area contributed by atoms with Crippen LogP contribution in [0.5, 0.6) is 5.75 Å². The maximum atomic E-state index is 12.3. The van der Waals surface area contributed by atoms with Crippen LogP contribution in [-0.4, -0.2) is 18.7 Å². The van der Waals surface area contributed by atoms with E-state index in [1.54, 1.807) is 24.3 Å². The first kappa shape index (κ1) is 18.3. The molecule has 24 heavy (non-hydrogen) atoms. The van der Waals surface area contributed by atoms with Gasteiger partial charge >= 0.3 is 5.97 Å². The molecular formula is C20H27NO3. The predicted molar refractivity (Wildman–Crippen MR) is 92.9 cm³/mol. The molecule has 0 amide bonds. The average Bonchev–Trinajstić information content (AvgIpc) is 2.62. The monoisotopic (exact) mass is 329 g/mol. The molecule has 0 saturated heterocycles. The first-order valence-corrected chi connectivity index (χ1v) is 8.97. The molecule has 0 bridgehead atoms. The van der Waals surface area contributed by atoms with Gasteiger partial charge < -0.3 is 9.47 Å². The molecule has 0 aliphatic heterocycles. The minimum Gasteiger partial charge on any atom is -0.494 e. The van der Waals surface area contributed by atoms with Crippen LogP contribution in [0.1, 0.15) is 69.2 Å². The van der Waals surface area contributed by atoms with Gasteiger partial charge in [-0.2, -0.15) is 5.26 Å². The van der Waals surface area contributed by atoms with Gasteiger partial charge in [-0.3, -0.25) is 0 Å². The van der Waals surface area contributed by atoms with Crippen molar-refractivity contribution in [2.24, 2.45) is 5.41 Å². The Hall–Kier alpha value is -2.02. The fourth-order valence-electron chi connectivity index (χ4n) is 3.28. The van der Waals surface area contributed by atoms with E-state index in [0.29, 0.717) is 12.2 Å². The van der Waals surface area contributed by atoms with Crippen molar-refractivity contribution in [1.29, 1.82) is 5.26 Å². The molecule has 0 N–H and O–H groups in total. The number of rotatable bonds is 7. The van der Waals surface area contributed by atoms with E-state index >= 15 is 0 Å². The second kappa shape index (κ2) is 8.73. The van der Waals surface area contributed by atoms with E-state index in [9.17, 15) is 10.1 Å². The van der Waals surface area contributed by atoms with Crippen LogP contribution in [0.15, 0.2) is 24.3 Å². The molecular weight excluding hydrogens is 302 g/mol. The zero-order valence-electron chi connectivity index (χ0n) is 14.7. The van der Waals surface area contributed by atoms with E-state index in [-0.39, 0.29) is 17.5 Å². The largest absolute Gasteiger partial charge is 0.494 e. The van der Waals surface area contributed by atoms with Crippen LogP contribution >= 0.6 is 0 Å². The third-order valence-corrected chi connectivity index (χ3v) is 4.69. The van der Waals surface area contributed by atoms with Crippen LogP contribution in [0.3, 0.4) is 0 Å². The van der Waals surface area contributed by atoms with Crippen LogP contribution in [0.2, 0.25) is 0 Å². The summed E-state index contributed by atoms with van der Waals surface area (Å²) in [5.74, 6) is 0.478. The number of nitrogens with zero attached hydrogens (tertiary/aromatic N) is 1. The Labute approximate surface area is 144 Å². The average molecular weight is 329 g/mol. The van der Waals surface area contributed by atoms with Gasteiger partial charge in [0.05, 0.1) is 23.7 Å². The molecule has 0 heterocycles. The summed E-state index contributed by atoms with van der Waals surface area (Å²) < 4.78 is 11.1. The smallest absolute Gasteiger partial charge is 0.338 e. The lowest BCUT2D eigenvalue weighted by atomic mass is 9.71. The van der Waals surface area contributed by atoms with Gasteiger partial charge in [-0.25, -0.2) is 4.79 Å². The van der Waals surface area contributed by atoms with Gasteiger partial charge in [0.1, 0.15) is 11.9 Å². The molecule has 1 aromatic rings. The lowest BCUT2D eigenvalue weighted by Gasteiger charge is -2.34. The van der Waals surface area contributed by atoms with E-state index in [4.69, 9.17) is 9.47 Å². The fraction of sp³-hybridized carbons (Fsp3) is 0.600. The number of carbonyl (C=O) groups is 1. The highest BCUT2D eigenvalue weighted by Crippen LogP contribution is 2.40. The van der Waals surface area contributed by atoms with E-state index in [0.717, 1.165) is 50.7 Å². The summed E-state index contributed by atoms with van der Waals surface area (Å²) in [6.07, 6.45) is 6.01. The first-order chi connectivity index (χ1) is 11.6. The van der Waals surface area contributed by atoms with Crippen molar-refractivity contribution in [3.63, 3.8) is 0 Å². The number of hydrogen-bond acceptors (Lipinski definition) is 4. The number of esters is 1. The van der Waals surface area contributed by atoms with E-state index in [2.05, 4.69) is 19.9 Å². The van der Waals surface area contributed by atoms with Gasteiger partial charge in [0, 0.05) is 0 Å². The normalized spacial score (nSPS) is 23.3. The van der Waals surface area contributed by atoms with Crippen LogP contribution in [0.25, 0.3) is 0 Å². The number of nitriles is 1. The fourth-order valence-corrected chi connectivity index (χ4v) is 3.28. The van der Waals surface area contributed by atoms with Gasteiger partial charge in [-0.1, -0.05) is 20.3 Å². The molecule has 4 heteroatoms. The third-order valence-electron chi connectivity index (χ3n) is 4.69. The summed E-state index contributed by atoms with van der Waals surface area (Å²) in [6.45, 7) is 4.83. The number of ether oxygens (including phenoxy) is 2. The summed E-state index contributed by atoms with van der Waals surface area (Å²) in [7, 11) is 0. The second-order valence-corrected chi connectivity index (χ2v) is 6.62. The van der Waals surface area contributed by atoms with Gasteiger partial charge in [-0.15, -0.1) is 0 Å². The minimum atomic E-state index is -0.290. The second-order valence-electron chi connectivity index (χ2n) is 6.62. The summed E-state index contributed by atoms with van der Waals surface area (Å²) in [6, 6.07) is 9.58. The van der Waals surface area contributed by atoms with Gasteiger partial charge in [0.2, 0.25) is 0 Å². The molecule has 130 valence electrons. The SMILES string of the molecule is CCCOc1ccc(C(=O)O[C@H]2CC[C@@](C#N)(CCC)CC2)cc1. The van der Waals surface area contributed by atoms with Crippen LogP contribution < -0.4 is 4.74 Å². The molecule has 1 fully saturated rings. The van der Waals surface area contributed by atoms with Crippen molar-refractivity contribution in [1.82, 2.24) is 0 Å². The molecule has 0 atom stereocenters. The topological polar surface area (TPSA) is 59.3 Å². The van der Waals surface area contributed by atoms with Crippen LogP contribution in [0.4, 0.5) is 0 Å². The highest BCUT2D eigenvalue weighted by atomic mass is 16.5. The Morgan fingerprint density at radius 1 is 1.21 bits per heavy atom. The maximum absolute atomic E-state index is 12.3. The minimum absolute atomic E-state index is 0.0770. The van der Waals surface area contributed by atoms with Gasteiger partial charge in [0.25, 0.3) is 0 Å². The zero-order valence-corrected chi connectivity index (χ0v) is 14.7. The Balaban J connectivity index is 1.86. The van der Waals surface area contributed by atoms with Crippen molar-refractivity contribution < 1.29 is 14.3 Å². The molecule has 2 rings (SSSR count). The Morgan fingerprint density at radius 2 is 1.88 bits per heavy atom.